The molecule has 27 heavy (non-hydrogen) atoms. The highest BCUT2D eigenvalue weighted by Crippen LogP contribution is 2.44. The molecule has 5 unspecified atom stereocenters. The molecule has 0 spiro atoms. The van der Waals surface area contributed by atoms with Gasteiger partial charge in [-0.2, -0.15) is 0 Å². The molecule has 0 bridgehead atoms. The fourth-order valence-corrected chi connectivity index (χ4v) is 5.15. The van der Waals surface area contributed by atoms with Crippen molar-refractivity contribution in [3.8, 4) is 0 Å². The molecule has 0 aromatic rings. The minimum Gasteiger partial charge on any atom is -0.463 e. The normalized spacial score (nSPS) is 28.8. The van der Waals surface area contributed by atoms with E-state index in [1.165, 1.54) is 44.9 Å². The smallest absolute Gasteiger partial charge is 0.311 e. The van der Waals surface area contributed by atoms with Crippen LogP contribution in [0.3, 0.4) is 0 Å². The number of hydrogen-bond acceptors (Lipinski definition) is 4. The first-order chi connectivity index (χ1) is 13.0. The van der Waals surface area contributed by atoms with E-state index in [0.717, 1.165) is 37.5 Å². The first-order valence-electron chi connectivity index (χ1n) is 11.3. The predicted octanol–water partition coefficient (Wildman–Crippen LogP) is 5.73. The van der Waals surface area contributed by atoms with Gasteiger partial charge < -0.3 is 14.2 Å². The highest BCUT2D eigenvalue weighted by molar-refractivity contribution is 5.76. The molecule has 0 aliphatic heterocycles. The molecule has 2 saturated carbocycles. The molecule has 0 N–H and O–H groups in total. The maximum atomic E-state index is 12.3. The second-order valence-corrected chi connectivity index (χ2v) is 9.06. The lowest BCUT2D eigenvalue weighted by atomic mass is 9.67. The van der Waals surface area contributed by atoms with Crippen LogP contribution in [0.2, 0.25) is 0 Å². The Morgan fingerprint density at radius 1 is 1.07 bits per heavy atom. The van der Waals surface area contributed by atoms with Crippen LogP contribution in [0.4, 0.5) is 0 Å². The van der Waals surface area contributed by atoms with Crippen molar-refractivity contribution in [3.05, 3.63) is 0 Å². The first kappa shape index (κ1) is 22.7. The fraction of sp³-hybridized carbons (Fsp3) is 0.957. The molecule has 4 nitrogen and oxygen atoms in total. The second-order valence-electron chi connectivity index (χ2n) is 9.06. The minimum atomic E-state index is -0.367. The third-order valence-corrected chi connectivity index (χ3v) is 7.13. The molecular weight excluding hydrogens is 340 g/mol. The van der Waals surface area contributed by atoms with Gasteiger partial charge in [-0.05, 0) is 56.8 Å². The van der Waals surface area contributed by atoms with Crippen LogP contribution in [0, 0.1) is 23.2 Å². The molecule has 0 heterocycles. The van der Waals surface area contributed by atoms with Crippen LogP contribution >= 0.6 is 0 Å². The maximum absolute atomic E-state index is 12.3. The Bertz CT molecular complexity index is 438. The number of rotatable bonds is 11. The minimum absolute atomic E-state index is 0.0972. The van der Waals surface area contributed by atoms with E-state index in [1.807, 2.05) is 6.92 Å². The van der Waals surface area contributed by atoms with Gasteiger partial charge in [-0.25, -0.2) is 0 Å². The summed E-state index contributed by atoms with van der Waals surface area (Å²) in [7, 11) is 1.72. The molecular formula is C23H42O4. The Morgan fingerprint density at radius 3 is 2.48 bits per heavy atom. The largest absolute Gasteiger partial charge is 0.463 e. The SMILES string of the molecule is CCCC(C)(CC)C(=O)OCCOC(CC1CCC2CCCCC2C1)OC. The zero-order chi connectivity index (χ0) is 19.7. The fourth-order valence-electron chi connectivity index (χ4n) is 5.15. The summed E-state index contributed by atoms with van der Waals surface area (Å²) in [5.74, 6) is 2.53. The monoisotopic (exact) mass is 382 g/mol. The topological polar surface area (TPSA) is 44.8 Å². The van der Waals surface area contributed by atoms with E-state index < -0.39 is 0 Å². The molecule has 0 aromatic heterocycles. The molecule has 2 fully saturated rings. The van der Waals surface area contributed by atoms with Crippen LogP contribution in [0.15, 0.2) is 0 Å². The summed E-state index contributed by atoms with van der Waals surface area (Å²) < 4.78 is 16.9. The van der Waals surface area contributed by atoms with Gasteiger partial charge >= 0.3 is 5.97 Å². The zero-order valence-corrected chi connectivity index (χ0v) is 18.1. The van der Waals surface area contributed by atoms with E-state index in [0.29, 0.717) is 19.1 Å². The molecule has 2 aliphatic rings. The summed E-state index contributed by atoms with van der Waals surface area (Å²) in [6, 6.07) is 0. The standard InChI is InChI=1S/C23H42O4/c1-5-13-23(3,6-2)22(24)27-15-14-26-21(25-4)17-18-11-12-19-9-7-8-10-20(19)16-18/h18-21H,5-17H2,1-4H3. The number of carbonyl (C=O) groups is 1. The summed E-state index contributed by atoms with van der Waals surface area (Å²) in [5, 5.41) is 0. The quantitative estimate of drug-likeness (QED) is 0.260. The van der Waals surface area contributed by atoms with Gasteiger partial charge in [-0.1, -0.05) is 46.0 Å². The van der Waals surface area contributed by atoms with Crippen molar-refractivity contribution in [2.75, 3.05) is 20.3 Å². The summed E-state index contributed by atoms with van der Waals surface area (Å²) >= 11 is 0. The van der Waals surface area contributed by atoms with Crippen molar-refractivity contribution in [1.82, 2.24) is 0 Å². The lowest BCUT2D eigenvalue weighted by molar-refractivity contribution is -0.167. The lowest BCUT2D eigenvalue weighted by Crippen LogP contribution is -2.32. The zero-order valence-electron chi connectivity index (χ0n) is 18.1. The second kappa shape index (κ2) is 11.4. The molecule has 158 valence electrons. The van der Waals surface area contributed by atoms with Crippen LogP contribution in [0.1, 0.15) is 91.4 Å². The van der Waals surface area contributed by atoms with Crippen molar-refractivity contribution in [1.29, 1.82) is 0 Å². The Balaban J connectivity index is 1.67. The van der Waals surface area contributed by atoms with Crippen molar-refractivity contribution >= 4 is 5.97 Å². The van der Waals surface area contributed by atoms with E-state index in [4.69, 9.17) is 14.2 Å². The average molecular weight is 383 g/mol. The highest BCUT2D eigenvalue weighted by atomic mass is 16.7. The number of fused-ring (bicyclic) bond motifs is 1. The Kier molecular flexibility index (Phi) is 9.58. The van der Waals surface area contributed by atoms with Crippen LogP contribution in [-0.2, 0) is 19.0 Å². The van der Waals surface area contributed by atoms with Gasteiger partial charge in [0.05, 0.1) is 12.0 Å². The molecule has 2 rings (SSSR count). The number of ether oxygens (including phenoxy) is 3. The molecule has 0 radical (unpaired) electrons. The van der Waals surface area contributed by atoms with Crippen LogP contribution in [-0.4, -0.2) is 32.6 Å². The molecule has 0 saturated heterocycles. The number of methoxy groups -OCH3 is 1. The van der Waals surface area contributed by atoms with Gasteiger partial charge in [0, 0.05) is 13.5 Å². The van der Waals surface area contributed by atoms with E-state index in [2.05, 4.69) is 13.8 Å². The van der Waals surface area contributed by atoms with Gasteiger partial charge in [0.1, 0.15) is 6.61 Å². The van der Waals surface area contributed by atoms with E-state index >= 15 is 0 Å². The van der Waals surface area contributed by atoms with Crippen molar-refractivity contribution < 1.29 is 19.0 Å². The number of esters is 1. The third-order valence-electron chi connectivity index (χ3n) is 7.13. The Labute approximate surface area is 166 Å². The molecule has 0 aromatic carbocycles. The predicted molar refractivity (Wildman–Crippen MR) is 108 cm³/mol. The lowest BCUT2D eigenvalue weighted by Gasteiger charge is -2.40. The Hall–Kier alpha value is -0.610. The van der Waals surface area contributed by atoms with E-state index in [9.17, 15) is 4.79 Å². The van der Waals surface area contributed by atoms with Gasteiger partial charge in [0.15, 0.2) is 6.29 Å². The van der Waals surface area contributed by atoms with Crippen molar-refractivity contribution in [2.45, 2.75) is 97.7 Å². The third kappa shape index (κ3) is 6.74. The van der Waals surface area contributed by atoms with Gasteiger partial charge in [0.2, 0.25) is 0 Å². The van der Waals surface area contributed by atoms with Gasteiger partial charge in [0.25, 0.3) is 0 Å². The van der Waals surface area contributed by atoms with Gasteiger partial charge in [-0.3, -0.25) is 4.79 Å². The first-order valence-corrected chi connectivity index (χ1v) is 11.3. The molecule has 4 heteroatoms. The van der Waals surface area contributed by atoms with Crippen LogP contribution in [0.5, 0.6) is 0 Å². The maximum Gasteiger partial charge on any atom is 0.311 e. The molecule has 2 aliphatic carbocycles. The highest BCUT2D eigenvalue weighted by Gasteiger charge is 2.34. The molecule has 5 atom stereocenters. The van der Waals surface area contributed by atoms with E-state index in [-0.39, 0.29) is 17.7 Å². The van der Waals surface area contributed by atoms with Crippen LogP contribution < -0.4 is 0 Å². The van der Waals surface area contributed by atoms with Crippen molar-refractivity contribution in [3.63, 3.8) is 0 Å². The van der Waals surface area contributed by atoms with Gasteiger partial charge in [-0.15, -0.1) is 0 Å². The summed E-state index contributed by atoms with van der Waals surface area (Å²) in [6.45, 7) is 6.88. The number of carbonyl (C=O) groups excluding carboxylic acids is 1. The van der Waals surface area contributed by atoms with E-state index in [1.54, 1.807) is 7.11 Å². The number of hydrogen-bond donors (Lipinski definition) is 0. The molecule has 0 amide bonds. The Morgan fingerprint density at radius 2 is 1.81 bits per heavy atom. The summed E-state index contributed by atoms with van der Waals surface area (Å²) in [4.78, 5) is 12.3. The summed E-state index contributed by atoms with van der Waals surface area (Å²) in [5.41, 5.74) is -0.367. The van der Waals surface area contributed by atoms with Crippen molar-refractivity contribution in [2.24, 2.45) is 23.2 Å². The summed E-state index contributed by atoms with van der Waals surface area (Å²) in [6.07, 6.45) is 13.2. The average Bonchev–Trinajstić information content (AvgIpc) is 2.69. The van der Waals surface area contributed by atoms with Crippen LogP contribution in [0.25, 0.3) is 0 Å².